The quantitative estimate of drug-likeness (QED) is 0.164. The number of imide groups is 1. The van der Waals surface area contributed by atoms with Gasteiger partial charge in [0.1, 0.15) is 17.6 Å². The molecule has 0 aliphatic carbocycles. The molecular formula is C47H58F3N11O4. The highest BCUT2D eigenvalue weighted by Crippen LogP contribution is 2.39. The lowest BCUT2D eigenvalue weighted by Gasteiger charge is -2.44. The monoisotopic (exact) mass is 897 g/mol. The number of pyridine rings is 2. The predicted molar refractivity (Wildman–Crippen MR) is 241 cm³/mol. The third-order valence-electron chi connectivity index (χ3n) is 14.0. The Kier molecular flexibility index (Phi) is 14.2. The van der Waals surface area contributed by atoms with E-state index in [1.165, 1.54) is 6.07 Å². The summed E-state index contributed by atoms with van der Waals surface area (Å²) in [7, 11) is 0. The van der Waals surface area contributed by atoms with Crippen LogP contribution in [0.15, 0.2) is 54.9 Å². The van der Waals surface area contributed by atoms with Crippen molar-refractivity contribution < 1.29 is 32.3 Å². The molecule has 0 radical (unpaired) electrons. The summed E-state index contributed by atoms with van der Waals surface area (Å²) in [4.78, 5) is 73.1. The number of carbonyl (C=O) groups is 4. The first kappa shape index (κ1) is 45.8. The number of rotatable bonds is 11. The number of nitrogens with zero attached hydrogens (tertiary/aromatic N) is 8. The van der Waals surface area contributed by atoms with Gasteiger partial charge in [0, 0.05) is 96.1 Å². The molecular weight excluding hydrogens is 840 g/mol. The lowest BCUT2D eigenvalue weighted by atomic mass is 9.94. The Morgan fingerprint density at radius 3 is 1.98 bits per heavy atom. The summed E-state index contributed by atoms with van der Waals surface area (Å²) in [5.74, 6) is 0.107. The summed E-state index contributed by atoms with van der Waals surface area (Å²) in [6, 6.07) is 11.0. The van der Waals surface area contributed by atoms with Crippen LogP contribution in [0.2, 0.25) is 0 Å². The molecule has 0 spiro atoms. The highest BCUT2D eigenvalue weighted by molar-refractivity contribution is 6.03. The van der Waals surface area contributed by atoms with Crippen LogP contribution in [0, 0.1) is 24.3 Å². The molecule has 3 aromatic rings. The summed E-state index contributed by atoms with van der Waals surface area (Å²) in [6.07, 6.45) is 4.84. The Bertz CT molecular complexity index is 2210. The number of benzene rings is 1. The summed E-state index contributed by atoms with van der Waals surface area (Å²) >= 11 is 0. The molecule has 8 rings (SSSR count). The number of hydrogen-bond acceptors (Lipinski definition) is 11. The van der Waals surface area contributed by atoms with Crippen molar-refractivity contribution in [2.75, 3.05) is 92.0 Å². The molecule has 5 aliphatic rings. The van der Waals surface area contributed by atoms with Crippen molar-refractivity contribution in [3.05, 3.63) is 77.5 Å². The van der Waals surface area contributed by atoms with Gasteiger partial charge in [-0.25, -0.2) is 14.8 Å². The standard InChI is InChI=1S/C47H58F3N11O4/c1-31-28-57(29-32-11-17-59(18-12-32)36-4-7-40(52-26-36)45(64)54-41-8-10-43(62)56-46(41)65)23-24-61(31)30-33-13-19-60(20-14-33)37-5-9-42(53-27-37)55-44(63)34-15-21-58(22-16-34)35-3-6-39(51-2)38(25-35)47(48,49)50/h3-7,9,25-27,31-34,41H,8,10-24,28-30H2,1H3,(H,54,64)(H,53,55,63)(H,56,62,65)/t31-,41?/m1/s1. The summed E-state index contributed by atoms with van der Waals surface area (Å²) in [5.41, 5.74) is 1.32. The second kappa shape index (κ2) is 20.2. The van der Waals surface area contributed by atoms with E-state index in [0.29, 0.717) is 55.3 Å². The zero-order valence-electron chi connectivity index (χ0n) is 36.9. The van der Waals surface area contributed by atoms with Crippen LogP contribution < -0.4 is 30.7 Å². The van der Waals surface area contributed by atoms with Crippen LogP contribution in [0.3, 0.4) is 0 Å². The molecule has 3 N–H and O–H groups in total. The van der Waals surface area contributed by atoms with Crippen LogP contribution in [-0.4, -0.2) is 127 Å². The van der Waals surface area contributed by atoms with Gasteiger partial charge in [0.25, 0.3) is 5.91 Å². The molecule has 4 amide bonds. The summed E-state index contributed by atoms with van der Waals surface area (Å²) in [6.45, 7) is 19.5. The van der Waals surface area contributed by atoms with Gasteiger partial charge in [0.2, 0.25) is 17.7 Å². The van der Waals surface area contributed by atoms with Crippen molar-refractivity contribution in [3.8, 4) is 0 Å². The number of hydrogen-bond donors (Lipinski definition) is 3. The fourth-order valence-electron chi connectivity index (χ4n) is 10.0. The number of nitrogens with one attached hydrogen (secondary N) is 3. The molecule has 346 valence electrons. The van der Waals surface area contributed by atoms with Crippen LogP contribution >= 0.6 is 0 Å². The maximum absolute atomic E-state index is 13.5. The van der Waals surface area contributed by atoms with Crippen molar-refractivity contribution in [2.45, 2.75) is 76.6 Å². The third kappa shape index (κ3) is 11.4. The Balaban J connectivity index is 0.708. The Hall–Kier alpha value is -5.80. The fraction of sp³-hybridized carbons (Fsp3) is 0.553. The zero-order chi connectivity index (χ0) is 45.7. The van der Waals surface area contributed by atoms with Gasteiger partial charge in [-0.3, -0.25) is 29.4 Å². The molecule has 15 nitrogen and oxygen atoms in total. The Morgan fingerprint density at radius 2 is 1.40 bits per heavy atom. The highest BCUT2D eigenvalue weighted by atomic mass is 19.4. The molecule has 5 saturated heterocycles. The number of piperidine rings is 4. The van der Waals surface area contributed by atoms with Crippen LogP contribution in [0.5, 0.6) is 0 Å². The molecule has 7 heterocycles. The number of amides is 4. The van der Waals surface area contributed by atoms with E-state index in [4.69, 9.17) is 6.57 Å². The minimum atomic E-state index is -4.61. The molecule has 5 aliphatic heterocycles. The fourth-order valence-corrected chi connectivity index (χ4v) is 10.0. The Morgan fingerprint density at radius 1 is 0.785 bits per heavy atom. The van der Waals surface area contributed by atoms with E-state index in [-0.39, 0.29) is 36.3 Å². The van der Waals surface area contributed by atoms with E-state index in [1.54, 1.807) is 18.3 Å². The van der Waals surface area contributed by atoms with Crippen molar-refractivity contribution in [3.63, 3.8) is 0 Å². The van der Waals surface area contributed by atoms with Gasteiger partial charge < -0.3 is 30.2 Å². The number of piperazine rings is 1. The molecule has 65 heavy (non-hydrogen) atoms. The minimum absolute atomic E-state index is 0.139. The van der Waals surface area contributed by atoms with E-state index >= 15 is 0 Å². The van der Waals surface area contributed by atoms with Gasteiger partial charge in [-0.05, 0) is 100 Å². The van der Waals surface area contributed by atoms with Crippen molar-refractivity contribution >= 4 is 52.2 Å². The molecule has 1 aromatic carbocycles. The van der Waals surface area contributed by atoms with Crippen LogP contribution in [-0.2, 0) is 20.6 Å². The topological polar surface area (TPSA) is 151 Å². The smallest absolute Gasteiger partial charge is 0.372 e. The van der Waals surface area contributed by atoms with Crippen molar-refractivity contribution in [1.29, 1.82) is 0 Å². The molecule has 1 unspecified atom stereocenters. The maximum atomic E-state index is 13.5. The lowest BCUT2D eigenvalue weighted by Crippen LogP contribution is -2.54. The highest BCUT2D eigenvalue weighted by Gasteiger charge is 2.35. The average Bonchev–Trinajstić information content (AvgIpc) is 3.31. The zero-order valence-corrected chi connectivity index (χ0v) is 36.9. The number of anilines is 4. The first-order valence-corrected chi connectivity index (χ1v) is 23.0. The third-order valence-corrected chi connectivity index (χ3v) is 14.0. The molecule has 5 fully saturated rings. The number of carbonyl (C=O) groups excluding carboxylic acids is 4. The molecule has 0 saturated carbocycles. The first-order valence-electron chi connectivity index (χ1n) is 23.0. The van der Waals surface area contributed by atoms with Gasteiger partial charge >= 0.3 is 6.18 Å². The van der Waals surface area contributed by atoms with E-state index < -0.39 is 35.3 Å². The van der Waals surface area contributed by atoms with Crippen LogP contribution in [0.1, 0.15) is 74.3 Å². The van der Waals surface area contributed by atoms with E-state index in [1.807, 2.05) is 29.3 Å². The normalized spacial score (nSPS) is 22.4. The van der Waals surface area contributed by atoms with Gasteiger partial charge in [-0.15, -0.1) is 0 Å². The maximum Gasteiger partial charge on any atom is 0.407 e. The lowest BCUT2D eigenvalue weighted by molar-refractivity contribution is -0.137. The van der Waals surface area contributed by atoms with E-state index in [2.05, 4.69) is 57.3 Å². The first-order chi connectivity index (χ1) is 31.3. The van der Waals surface area contributed by atoms with Crippen molar-refractivity contribution in [1.82, 2.24) is 30.4 Å². The van der Waals surface area contributed by atoms with Gasteiger partial charge in [-0.2, -0.15) is 13.2 Å². The van der Waals surface area contributed by atoms with Gasteiger partial charge in [0.05, 0.1) is 35.9 Å². The second-order valence-electron chi connectivity index (χ2n) is 18.3. The molecule has 2 aromatic heterocycles. The molecule has 18 heteroatoms. The minimum Gasteiger partial charge on any atom is -0.372 e. The second-order valence-corrected chi connectivity index (χ2v) is 18.3. The largest absolute Gasteiger partial charge is 0.407 e. The number of alkyl halides is 3. The number of halogens is 3. The summed E-state index contributed by atoms with van der Waals surface area (Å²) < 4.78 is 40.5. The summed E-state index contributed by atoms with van der Waals surface area (Å²) in [5, 5.41) is 7.88. The van der Waals surface area contributed by atoms with Crippen LogP contribution in [0.4, 0.5) is 41.7 Å². The van der Waals surface area contributed by atoms with E-state index in [0.717, 1.165) is 102 Å². The van der Waals surface area contributed by atoms with E-state index in [9.17, 15) is 32.3 Å². The number of aromatic nitrogens is 2. The SMILES string of the molecule is [C-]#[N+]c1ccc(N2CCC(C(=O)Nc3ccc(N4CCC(CN5CCN(CC6CCN(c7ccc(C(=O)NC8CCC(=O)NC8=O)nc7)CC6)C[C@H]5C)CC4)cn3)CC2)cc1C(F)(F)F. The van der Waals surface area contributed by atoms with Gasteiger partial charge in [0.15, 0.2) is 5.69 Å². The average molecular weight is 898 g/mol. The van der Waals surface area contributed by atoms with Gasteiger partial charge in [-0.1, -0.05) is 6.07 Å². The Labute approximate surface area is 377 Å². The molecule has 0 bridgehead atoms. The molecule has 2 atom stereocenters. The predicted octanol–water partition coefficient (Wildman–Crippen LogP) is 5.58. The van der Waals surface area contributed by atoms with Crippen molar-refractivity contribution in [2.24, 2.45) is 17.8 Å². The van der Waals surface area contributed by atoms with Crippen LogP contribution in [0.25, 0.3) is 4.85 Å².